The van der Waals surface area contributed by atoms with Crippen molar-refractivity contribution < 1.29 is 9.47 Å². The van der Waals surface area contributed by atoms with Gasteiger partial charge in [0.25, 0.3) is 0 Å². The molecular formula is C16H16Br2O2. The molecule has 0 saturated heterocycles. The van der Waals surface area contributed by atoms with Gasteiger partial charge in [0.2, 0.25) is 0 Å². The average Bonchev–Trinajstić information content (AvgIpc) is 2.50. The van der Waals surface area contributed by atoms with E-state index in [1.165, 1.54) is 0 Å². The number of rotatable bonds is 6. The molecule has 0 aromatic heterocycles. The third-order valence-corrected chi connectivity index (χ3v) is 4.09. The summed E-state index contributed by atoms with van der Waals surface area (Å²) in [5, 5.41) is 0.747. The van der Waals surface area contributed by atoms with Crippen LogP contribution in [0.3, 0.4) is 0 Å². The maximum atomic E-state index is 5.99. The van der Waals surface area contributed by atoms with Crippen molar-refractivity contribution in [3.63, 3.8) is 0 Å². The summed E-state index contributed by atoms with van der Waals surface area (Å²) < 4.78 is 12.3. The largest absolute Gasteiger partial charge is 0.497 e. The number of ether oxygens (including phenoxy) is 2. The lowest BCUT2D eigenvalue weighted by Crippen LogP contribution is -2.06. The predicted octanol–water partition coefficient (Wildman–Crippen LogP) is 5.11. The molecule has 0 fully saturated rings. The van der Waals surface area contributed by atoms with Crippen LogP contribution in [-0.4, -0.2) is 12.4 Å². The summed E-state index contributed by atoms with van der Waals surface area (Å²) in [6.45, 7) is 0.584. The second kappa shape index (κ2) is 7.81. The minimum absolute atomic E-state index is 0.00810. The monoisotopic (exact) mass is 398 g/mol. The molecule has 20 heavy (non-hydrogen) atoms. The van der Waals surface area contributed by atoms with E-state index in [1.807, 2.05) is 30.3 Å². The molecule has 0 N–H and O–H groups in total. The smallest absolute Gasteiger partial charge is 0.119 e. The molecule has 0 radical (unpaired) electrons. The lowest BCUT2D eigenvalue weighted by atomic mass is 10.1. The van der Waals surface area contributed by atoms with Crippen LogP contribution in [0.5, 0.6) is 5.75 Å². The van der Waals surface area contributed by atoms with Gasteiger partial charge < -0.3 is 9.47 Å². The van der Waals surface area contributed by atoms with Crippen LogP contribution in [0.15, 0.2) is 53.0 Å². The van der Waals surface area contributed by atoms with Gasteiger partial charge in [-0.25, -0.2) is 0 Å². The minimum Gasteiger partial charge on any atom is -0.497 e. The summed E-state index contributed by atoms with van der Waals surface area (Å²) in [7, 11) is 1.67. The summed E-state index contributed by atoms with van der Waals surface area (Å²) in [4.78, 5) is 0. The van der Waals surface area contributed by atoms with Gasteiger partial charge in [0.05, 0.1) is 19.8 Å². The van der Waals surface area contributed by atoms with Crippen molar-refractivity contribution in [2.75, 3.05) is 12.4 Å². The molecule has 0 aliphatic rings. The van der Waals surface area contributed by atoms with Gasteiger partial charge in [-0.15, -0.1) is 0 Å². The fourth-order valence-corrected chi connectivity index (χ4v) is 2.67. The molecule has 106 valence electrons. The molecular weight excluding hydrogens is 384 g/mol. The van der Waals surface area contributed by atoms with E-state index >= 15 is 0 Å². The Morgan fingerprint density at radius 2 is 1.85 bits per heavy atom. The number of alkyl halides is 1. The number of hydrogen-bond donors (Lipinski definition) is 0. The van der Waals surface area contributed by atoms with Crippen LogP contribution in [0.25, 0.3) is 0 Å². The number of methoxy groups -OCH3 is 1. The Bertz CT molecular complexity index is 540. The zero-order chi connectivity index (χ0) is 14.4. The molecule has 2 aromatic rings. The van der Waals surface area contributed by atoms with E-state index in [4.69, 9.17) is 9.47 Å². The fourth-order valence-electron chi connectivity index (χ4n) is 1.85. The highest BCUT2D eigenvalue weighted by atomic mass is 79.9. The van der Waals surface area contributed by atoms with Gasteiger partial charge in [-0.3, -0.25) is 0 Å². The van der Waals surface area contributed by atoms with E-state index in [2.05, 4.69) is 50.1 Å². The molecule has 0 amide bonds. The summed E-state index contributed by atoms with van der Waals surface area (Å²) in [5.74, 6) is 0.848. The number of hydrogen-bond acceptors (Lipinski definition) is 2. The van der Waals surface area contributed by atoms with E-state index in [1.54, 1.807) is 7.11 Å². The van der Waals surface area contributed by atoms with Crippen molar-refractivity contribution in [1.29, 1.82) is 0 Å². The molecule has 4 heteroatoms. The van der Waals surface area contributed by atoms with Crippen LogP contribution in [0.1, 0.15) is 17.2 Å². The predicted molar refractivity (Wildman–Crippen MR) is 88.5 cm³/mol. The molecule has 2 nitrogen and oxygen atoms in total. The maximum absolute atomic E-state index is 5.99. The lowest BCUT2D eigenvalue weighted by Gasteiger charge is -2.16. The molecule has 0 bridgehead atoms. The standard InChI is InChI=1S/C16H16Br2O2/c1-19-15-4-2-3-13(9-15)16(10-17)20-11-12-5-7-14(18)8-6-12/h2-9,16H,10-11H2,1H3. The Kier molecular flexibility index (Phi) is 6.07. The summed E-state index contributed by atoms with van der Waals surface area (Å²) in [6.07, 6.45) is 0.00810. The van der Waals surface area contributed by atoms with Gasteiger partial charge in [-0.05, 0) is 35.4 Å². The van der Waals surface area contributed by atoms with Gasteiger partial charge >= 0.3 is 0 Å². The zero-order valence-electron chi connectivity index (χ0n) is 11.2. The molecule has 0 aliphatic heterocycles. The highest BCUT2D eigenvalue weighted by Crippen LogP contribution is 2.25. The van der Waals surface area contributed by atoms with Crippen LogP contribution in [0.4, 0.5) is 0 Å². The van der Waals surface area contributed by atoms with Crippen LogP contribution >= 0.6 is 31.9 Å². The molecule has 0 saturated carbocycles. The highest BCUT2D eigenvalue weighted by molar-refractivity contribution is 9.10. The first-order valence-corrected chi connectivity index (χ1v) is 8.20. The molecule has 2 rings (SSSR count). The second-order valence-corrected chi connectivity index (χ2v) is 5.92. The normalized spacial score (nSPS) is 12.2. The fraction of sp³-hybridized carbons (Fsp3) is 0.250. The SMILES string of the molecule is COc1cccc(C(CBr)OCc2ccc(Br)cc2)c1. The molecule has 0 spiro atoms. The van der Waals surface area contributed by atoms with Crippen molar-refractivity contribution in [1.82, 2.24) is 0 Å². The minimum atomic E-state index is 0.00810. The van der Waals surface area contributed by atoms with Crippen molar-refractivity contribution >= 4 is 31.9 Å². The molecule has 0 heterocycles. The van der Waals surface area contributed by atoms with E-state index < -0.39 is 0 Å². The lowest BCUT2D eigenvalue weighted by molar-refractivity contribution is 0.0564. The molecule has 0 aliphatic carbocycles. The highest BCUT2D eigenvalue weighted by Gasteiger charge is 2.11. The van der Waals surface area contributed by atoms with Crippen LogP contribution in [-0.2, 0) is 11.3 Å². The summed E-state index contributed by atoms with van der Waals surface area (Å²) in [6, 6.07) is 16.1. The molecule has 1 atom stereocenters. The van der Waals surface area contributed by atoms with Crippen molar-refractivity contribution in [2.45, 2.75) is 12.7 Å². The molecule has 1 unspecified atom stereocenters. The third-order valence-electron chi connectivity index (χ3n) is 2.97. The number of halogens is 2. The first-order chi connectivity index (χ1) is 9.72. The van der Waals surface area contributed by atoms with Gasteiger partial charge in [0.1, 0.15) is 5.75 Å². The Labute approximate surface area is 136 Å². The topological polar surface area (TPSA) is 18.5 Å². The first-order valence-electron chi connectivity index (χ1n) is 6.29. The van der Waals surface area contributed by atoms with Gasteiger partial charge in [0.15, 0.2) is 0 Å². The summed E-state index contributed by atoms with van der Waals surface area (Å²) >= 11 is 6.94. The van der Waals surface area contributed by atoms with E-state index in [9.17, 15) is 0 Å². The van der Waals surface area contributed by atoms with Gasteiger partial charge in [-0.2, -0.15) is 0 Å². The zero-order valence-corrected chi connectivity index (χ0v) is 14.4. The first kappa shape index (κ1) is 15.5. The Hall–Kier alpha value is -0.840. The third kappa shape index (κ3) is 4.33. The van der Waals surface area contributed by atoms with Gasteiger partial charge in [-0.1, -0.05) is 56.1 Å². The quantitative estimate of drug-likeness (QED) is 0.628. The Balaban J connectivity index is 2.03. The van der Waals surface area contributed by atoms with E-state index in [0.717, 1.165) is 26.7 Å². The Morgan fingerprint density at radius 1 is 1.10 bits per heavy atom. The Morgan fingerprint density at radius 3 is 2.50 bits per heavy atom. The van der Waals surface area contributed by atoms with Crippen LogP contribution in [0.2, 0.25) is 0 Å². The van der Waals surface area contributed by atoms with E-state index in [0.29, 0.717) is 6.61 Å². The van der Waals surface area contributed by atoms with Crippen molar-refractivity contribution in [3.05, 3.63) is 64.1 Å². The maximum Gasteiger partial charge on any atom is 0.119 e. The number of benzene rings is 2. The summed E-state index contributed by atoms with van der Waals surface area (Å²) in [5.41, 5.74) is 2.26. The molecule has 2 aromatic carbocycles. The van der Waals surface area contributed by atoms with Crippen LogP contribution < -0.4 is 4.74 Å². The van der Waals surface area contributed by atoms with Crippen LogP contribution in [0, 0.1) is 0 Å². The van der Waals surface area contributed by atoms with E-state index in [-0.39, 0.29) is 6.10 Å². The van der Waals surface area contributed by atoms with Crippen molar-refractivity contribution in [2.24, 2.45) is 0 Å². The average molecular weight is 400 g/mol. The van der Waals surface area contributed by atoms with Crippen molar-refractivity contribution in [3.8, 4) is 5.75 Å². The second-order valence-electron chi connectivity index (χ2n) is 4.36. The van der Waals surface area contributed by atoms with Gasteiger partial charge in [0, 0.05) is 9.80 Å².